The molecule has 0 saturated carbocycles. The standard InChI is InChI=1S/C22H25N2OS/c1-5-24-16(13-21-23(3)10-11-26-21)12-15(2)19-14-20(25-4)17-8-6-7-9-18(17)22(19)24/h6-9,12-14H,5,10-11H2,1-4H3/q+1. The molecule has 26 heavy (non-hydrogen) atoms. The molecule has 134 valence electrons. The van der Waals surface area contributed by atoms with Gasteiger partial charge in [-0.25, -0.2) is 0 Å². The van der Waals surface area contributed by atoms with E-state index in [4.69, 9.17) is 4.74 Å². The zero-order valence-electron chi connectivity index (χ0n) is 15.9. The normalized spacial score (nSPS) is 16.2. The molecular formula is C22H25N2OS+. The fourth-order valence-corrected chi connectivity index (χ4v) is 4.93. The maximum Gasteiger partial charge on any atom is 0.221 e. The molecule has 1 aliphatic heterocycles. The molecule has 1 saturated heterocycles. The predicted octanol–water partition coefficient (Wildman–Crippen LogP) is 4.59. The molecule has 4 heteroatoms. The van der Waals surface area contributed by atoms with Gasteiger partial charge in [0.1, 0.15) is 12.3 Å². The topological polar surface area (TPSA) is 16.4 Å². The number of hydrogen-bond acceptors (Lipinski definition) is 3. The van der Waals surface area contributed by atoms with Gasteiger partial charge in [0.2, 0.25) is 11.2 Å². The van der Waals surface area contributed by atoms with Crippen molar-refractivity contribution >= 4 is 39.5 Å². The molecular weight excluding hydrogens is 340 g/mol. The monoisotopic (exact) mass is 365 g/mol. The molecule has 1 aliphatic rings. The van der Waals surface area contributed by atoms with Crippen LogP contribution in [0.2, 0.25) is 0 Å². The van der Waals surface area contributed by atoms with E-state index in [9.17, 15) is 0 Å². The minimum Gasteiger partial charge on any atom is -0.496 e. The zero-order chi connectivity index (χ0) is 18.3. The number of nitrogens with zero attached hydrogens (tertiary/aromatic N) is 2. The molecule has 0 N–H and O–H groups in total. The van der Waals surface area contributed by atoms with E-state index in [1.807, 2.05) is 11.8 Å². The van der Waals surface area contributed by atoms with E-state index in [-0.39, 0.29) is 0 Å². The van der Waals surface area contributed by atoms with Crippen molar-refractivity contribution in [1.82, 2.24) is 4.90 Å². The van der Waals surface area contributed by atoms with Crippen molar-refractivity contribution in [3.05, 3.63) is 52.7 Å². The van der Waals surface area contributed by atoms with Crippen LogP contribution >= 0.6 is 11.8 Å². The molecule has 0 aliphatic carbocycles. The highest BCUT2D eigenvalue weighted by molar-refractivity contribution is 8.03. The molecule has 3 nitrogen and oxygen atoms in total. The number of rotatable bonds is 3. The minimum absolute atomic E-state index is 0.931. The summed E-state index contributed by atoms with van der Waals surface area (Å²) in [6.07, 6.45) is 2.34. The summed E-state index contributed by atoms with van der Waals surface area (Å²) in [5, 5.41) is 5.03. The van der Waals surface area contributed by atoms with Crippen molar-refractivity contribution in [3.63, 3.8) is 0 Å². The van der Waals surface area contributed by atoms with Crippen LogP contribution in [-0.4, -0.2) is 31.4 Å². The zero-order valence-corrected chi connectivity index (χ0v) is 16.7. The van der Waals surface area contributed by atoms with Crippen LogP contribution in [0.4, 0.5) is 0 Å². The van der Waals surface area contributed by atoms with Gasteiger partial charge in [-0.1, -0.05) is 18.2 Å². The summed E-state index contributed by atoms with van der Waals surface area (Å²) in [5.41, 5.74) is 3.84. The van der Waals surface area contributed by atoms with E-state index in [1.165, 1.54) is 43.7 Å². The second-order valence-electron chi connectivity index (χ2n) is 6.77. The average Bonchev–Trinajstić information content (AvgIpc) is 3.06. The van der Waals surface area contributed by atoms with E-state index >= 15 is 0 Å². The Morgan fingerprint density at radius 1 is 1.19 bits per heavy atom. The molecule has 0 amide bonds. The van der Waals surface area contributed by atoms with Crippen molar-refractivity contribution in [2.75, 3.05) is 26.5 Å². The Hall–Kier alpha value is -2.20. The second kappa shape index (κ2) is 6.84. The van der Waals surface area contributed by atoms with Crippen molar-refractivity contribution in [2.24, 2.45) is 0 Å². The SMILES string of the molecule is CC[n+]1c(/C=C2\SCCN2C)cc(C)c2cc(OC)c3ccccc3c21. The van der Waals surface area contributed by atoms with E-state index in [0.29, 0.717) is 0 Å². The first-order chi connectivity index (χ1) is 12.6. The summed E-state index contributed by atoms with van der Waals surface area (Å²) in [6.45, 7) is 6.47. The van der Waals surface area contributed by atoms with E-state index in [0.717, 1.165) is 18.8 Å². The molecule has 0 spiro atoms. The van der Waals surface area contributed by atoms with Gasteiger partial charge in [-0.05, 0) is 31.5 Å². The minimum atomic E-state index is 0.931. The molecule has 3 aromatic rings. The van der Waals surface area contributed by atoms with E-state index in [1.54, 1.807) is 7.11 Å². The maximum atomic E-state index is 5.68. The van der Waals surface area contributed by atoms with Crippen molar-refractivity contribution in [3.8, 4) is 5.75 Å². The highest BCUT2D eigenvalue weighted by atomic mass is 32.2. The summed E-state index contributed by atoms with van der Waals surface area (Å²) in [7, 11) is 3.93. The first kappa shape index (κ1) is 17.2. The quantitative estimate of drug-likeness (QED) is 0.499. The molecule has 0 atom stereocenters. The Kier molecular flexibility index (Phi) is 4.53. The lowest BCUT2D eigenvalue weighted by molar-refractivity contribution is -0.668. The summed E-state index contributed by atoms with van der Waals surface area (Å²) < 4.78 is 8.12. The third-order valence-corrected chi connectivity index (χ3v) is 6.32. The van der Waals surface area contributed by atoms with Gasteiger partial charge in [0.05, 0.1) is 22.9 Å². The van der Waals surface area contributed by atoms with Crippen molar-refractivity contribution < 1.29 is 9.30 Å². The summed E-state index contributed by atoms with van der Waals surface area (Å²) in [5.74, 6) is 2.11. The van der Waals surface area contributed by atoms with E-state index < -0.39 is 0 Å². The van der Waals surface area contributed by atoms with Gasteiger partial charge in [-0.15, -0.1) is 11.8 Å². The van der Waals surface area contributed by atoms with Crippen LogP contribution in [0.5, 0.6) is 5.75 Å². The van der Waals surface area contributed by atoms with Gasteiger partial charge < -0.3 is 9.64 Å². The highest BCUT2D eigenvalue weighted by Crippen LogP contribution is 2.34. The predicted molar refractivity (Wildman–Crippen MR) is 112 cm³/mol. The van der Waals surface area contributed by atoms with Gasteiger partial charge in [-0.2, -0.15) is 4.57 Å². The molecule has 0 bridgehead atoms. The number of pyridine rings is 1. The summed E-state index contributed by atoms with van der Waals surface area (Å²) >= 11 is 1.94. The molecule has 4 rings (SSSR count). The van der Waals surface area contributed by atoms with Crippen LogP contribution in [0, 0.1) is 6.92 Å². The van der Waals surface area contributed by atoms with Gasteiger partial charge >= 0.3 is 0 Å². The number of fused-ring (bicyclic) bond motifs is 3. The molecule has 1 fully saturated rings. The number of ether oxygens (including phenoxy) is 1. The summed E-state index contributed by atoms with van der Waals surface area (Å²) in [4.78, 5) is 2.34. The van der Waals surface area contributed by atoms with Crippen LogP contribution in [0.1, 0.15) is 18.2 Å². The maximum absolute atomic E-state index is 5.68. The lowest BCUT2D eigenvalue weighted by atomic mass is 10.0. The Balaban J connectivity index is 2.09. The van der Waals surface area contributed by atoms with Crippen LogP contribution < -0.4 is 9.30 Å². The number of benzene rings is 2. The Morgan fingerprint density at radius 2 is 1.96 bits per heavy atom. The number of thioether (sulfide) groups is 1. The Labute approximate surface area is 159 Å². The van der Waals surface area contributed by atoms with Crippen molar-refractivity contribution in [2.45, 2.75) is 20.4 Å². The molecule has 0 unspecified atom stereocenters. The smallest absolute Gasteiger partial charge is 0.221 e. The largest absolute Gasteiger partial charge is 0.496 e. The van der Waals surface area contributed by atoms with Crippen LogP contribution in [0.15, 0.2) is 41.4 Å². The lowest BCUT2D eigenvalue weighted by Gasteiger charge is -2.14. The first-order valence-corrected chi connectivity index (χ1v) is 10.1. The van der Waals surface area contributed by atoms with Gasteiger partial charge in [0, 0.05) is 36.9 Å². The van der Waals surface area contributed by atoms with Crippen LogP contribution in [0.25, 0.3) is 27.8 Å². The highest BCUT2D eigenvalue weighted by Gasteiger charge is 2.22. The van der Waals surface area contributed by atoms with Gasteiger partial charge in [0.15, 0.2) is 0 Å². The fourth-order valence-electron chi connectivity index (χ4n) is 3.84. The van der Waals surface area contributed by atoms with Crippen LogP contribution in [-0.2, 0) is 6.54 Å². The molecule has 1 aromatic heterocycles. The number of hydrogen-bond donors (Lipinski definition) is 0. The molecule has 0 radical (unpaired) electrons. The first-order valence-electron chi connectivity index (χ1n) is 9.12. The van der Waals surface area contributed by atoms with Gasteiger partial charge in [0.25, 0.3) is 0 Å². The van der Waals surface area contributed by atoms with Crippen molar-refractivity contribution in [1.29, 1.82) is 0 Å². The Morgan fingerprint density at radius 3 is 2.62 bits per heavy atom. The number of methoxy groups -OCH3 is 1. The Bertz CT molecular complexity index is 1030. The lowest BCUT2D eigenvalue weighted by Crippen LogP contribution is -2.37. The van der Waals surface area contributed by atoms with Crippen LogP contribution in [0.3, 0.4) is 0 Å². The third kappa shape index (κ3) is 2.73. The fraction of sp³-hybridized carbons (Fsp3) is 0.318. The average molecular weight is 366 g/mol. The molecule has 2 aromatic carbocycles. The molecule has 2 heterocycles. The number of aryl methyl sites for hydroxylation is 2. The third-order valence-electron chi connectivity index (χ3n) is 5.21. The second-order valence-corrected chi connectivity index (χ2v) is 7.88. The number of aromatic nitrogens is 1. The van der Waals surface area contributed by atoms with Gasteiger partial charge in [-0.3, -0.25) is 0 Å². The van der Waals surface area contributed by atoms with E-state index in [2.05, 4.69) is 72.8 Å². The summed E-state index contributed by atoms with van der Waals surface area (Å²) in [6, 6.07) is 13.0.